The number of benzene rings is 3. The summed E-state index contributed by atoms with van der Waals surface area (Å²) in [6.07, 6.45) is 0. The van der Waals surface area contributed by atoms with Gasteiger partial charge in [0.05, 0.1) is 11.7 Å². The molecule has 3 nitrogen and oxygen atoms in total. The molecule has 0 aliphatic carbocycles. The molecule has 0 unspecified atom stereocenters. The van der Waals surface area contributed by atoms with E-state index in [1.54, 1.807) is 0 Å². The van der Waals surface area contributed by atoms with Gasteiger partial charge in [-0.15, -0.1) is 0 Å². The Morgan fingerprint density at radius 2 is 1.57 bits per heavy atom. The second-order valence-corrected chi connectivity index (χ2v) is 9.24. The molecule has 1 N–H and O–H groups in total. The number of fused-ring (bicyclic) bond motifs is 2. The molecule has 0 saturated carbocycles. The van der Waals surface area contributed by atoms with Gasteiger partial charge in [0.25, 0.3) is 5.91 Å². The van der Waals surface area contributed by atoms with Gasteiger partial charge in [-0.3, -0.25) is 4.79 Å². The zero-order valence-corrected chi connectivity index (χ0v) is 18.0. The Morgan fingerprint density at radius 1 is 0.900 bits per heavy atom. The van der Waals surface area contributed by atoms with Crippen molar-refractivity contribution in [3.8, 4) is 11.3 Å². The van der Waals surface area contributed by atoms with Gasteiger partial charge >= 0.3 is 0 Å². The number of nitrogens with zero attached hydrogens (tertiary/aromatic N) is 1. The van der Waals surface area contributed by atoms with Gasteiger partial charge in [-0.05, 0) is 56.2 Å². The van der Waals surface area contributed by atoms with E-state index in [0.717, 1.165) is 38.9 Å². The molecule has 4 aromatic rings. The number of para-hydroxylation sites is 1. The fourth-order valence-corrected chi connectivity index (χ4v) is 4.71. The SMILES string of the molecule is CC(C)(C)N1C(=O)c2ccccc2[C@@H]1c1c(-c2ccc(Cl)cc2)[nH]c2ccccc12. The summed E-state index contributed by atoms with van der Waals surface area (Å²) in [4.78, 5) is 19.1. The average Bonchev–Trinajstić information content (AvgIpc) is 3.24. The molecule has 30 heavy (non-hydrogen) atoms. The van der Waals surface area contributed by atoms with Gasteiger partial charge in [0.15, 0.2) is 0 Å². The minimum absolute atomic E-state index is 0.0791. The van der Waals surface area contributed by atoms with Crippen molar-refractivity contribution in [2.24, 2.45) is 0 Å². The lowest BCUT2D eigenvalue weighted by Crippen LogP contribution is -2.44. The van der Waals surface area contributed by atoms with Crippen LogP contribution in [0.5, 0.6) is 0 Å². The van der Waals surface area contributed by atoms with E-state index in [1.165, 1.54) is 0 Å². The Hall–Kier alpha value is -3.04. The van der Waals surface area contributed by atoms with Gasteiger partial charge in [-0.1, -0.05) is 60.1 Å². The van der Waals surface area contributed by atoms with Crippen molar-refractivity contribution in [1.82, 2.24) is 9.88 Å². The van der Waals surface area contributed by atoms with Crippen LogP contribution in [0, 0.1) is 0 Å². The van der Waals surface area contributed by atoms with E-state index in [9.17, 15) is 4.79 Å². The molecule has 1 aliphatic heterocycles. The first-order valence-corrected chi connectivity index (χ1v) is 10.5. The number of carbonyl (C=O) groups is 1. The topological polar surface area (TPSA) is 36.1 Å². The standard InChI is InChI=1S/C26H23ClN2O/c1-26(2,3)29-24(18-8-4-5-9-19(18)25(29)30)22-20-10-6-7-11-21(20)28-23(22)16-12-14-17(27)15-13-16/h4-15,24,28H,1-3H3/t24-/m1/s1. The molecule has 1 aromatic heterocycles. The van der Waals surface area contributed by atoms with E-state index < -0.39 is 0 Å². The molecule has 0 fully saturated rings. The second-order valence-electron chi connectivity index (χ2n) is 8.80. The third-order valence-electron chi connectivity index (χ3n) is 5.84. The summed E-state index contributed by atoms with van der Waals surface area (Å²) in [7, 11) is 0. The highest BCUT2D eigenvalue weighted by Crippen LogP contribution is 2.47. The zero-order valence-electron chi connectivity index (χ0n) is 17.2. The summed E-state index contributed by atoms with van der Waals surface area (Å²) in [6.45, 7) is 6.29. The minimum atomic E-state index is -0.337. The summed E-state index contributed by atoms with van der Waals surface area (Å²) in [5.74, 6) is 0.0791. The number of hydrogen-bond acceptors (Lipinski definition) is 1. The maximum absolute atomic E-state index is 13.5. The molecular formula is C26H23ClN2O. The van der Waals surface area contributed by atoms with E-state index in [4.69, 9.17) is 11.6 Å². The van der Waals surface area contributed by atoms with Crippen LogP contribution in [0.4, 0.5) is 0 Å². The molecule has 4 heteroatoms. The van der Waals surface area contributed by atoms with Crippen LogP contribution in [-0.4, -0.2) is 21.3 Å². The molecule has 1 atom stereocenters. The lowest BCUT2D eigenvalue weighted by Gasteiger charge is -2.38. The summed E-state index contributed by atoms with van der Waals surface area (Å²) in [6, 6.07) is 24.0. The van der Waals surface area contributed by atoms with Crippen molar-refractivity contribution in [3.63, 3.8) is 0 Å². The van der Waals surface area contributed by atoms with E-state index in [1.807, 2.05) is 53.4 Å². The lowest BCUT2D eigenvalue weighted by atomic mass is 9.91. The number of aromatic nitrogens is 1. The Kier molecular flexibility index (Phi) is 4.26. The quantitative estimate of drug-likeness (QED) is 0.383. The summed E-state index contributed by atoms with van der Waals surface area (Å²) in [5, 5.41) is 1.83. The number of amides is 1. The molecular weight excluding hydrogens is 392 g/mol. The lowest BCUT2D eigenvalue weighted by molar-refractivity contribution is 0.0554. The predicted molar refractivity (Wildman–Crippen MR) is 123 cm³/mol. The maximum atomic E-state index is 13.5. The van der Waals surface area contributed by atoms with Crippen molar-refractivity contribution in [3.05, 3.63) is 94.5 Å². The fraction of sp³-hybridized carbons (Fsp3) is 0.192. The van der Waals surface area contributed by atoms with Crippen molar-refractivity contribution >= 4 is 28.4 Å². The van der Waals surface area contributed by atoms with Crippen LogP contribution in [0.25, 0.3) is 22.2 Å². The molecule has 0 radical (unpaired) electrons. The van der Waals surface area contributed by atoms with Gasteiger partial charge in [-0.25, -0.2) is 0 Å². The normalized spacial score (nSPS) is 16.3. The van der Waals surface area contributed by atoms with Gasteiger partial charge in [-0.2, -0.15) is 0 Å². The van der Waals surface area contributed by atoms with Crippen LogP contribution in [0.15, 0.2) is 72.8 Å². The minimum Gasteiger partial charge on any atom is -0.354 e. The predicted octanol–water partition coefficient (Wildman–Crippen LogP) is 6.83. The number of carbonyl (C=O) groups excluding carboxylic acids is 1. The van der Waals surface area contributed by atoms with Crippen LogP contribution in [-0.2, 0) is 0 Å². The van der Waals surface area contributed by atoms with Crippen molar-refractivity contribution in [2.45, 2.75) is 32.4 Å². The maximum Gasteiger partial charge on any atom is 0.255 e. The van der Waals surface area contributed by atoms with Gasteiger partial charge < -0.3 is 9.88 Å². The van der Waals surface area contributed by atoms with Gasteiger partial charge in [0, 0.05) is 32.6 Å². The fourth-order valence-electron chi connectivity index (χ4n) is 4.58. The largest absolute Gasteiger partial charge is 0.354 e. The van der Waals surface area contributed by atoms with Crippen LogP contribution in [0.3, 0.4) is 0 Å². The van der Waals surface area contributed by atoms with E-state index >= 15 is 0 Å². The third-order valence-corrected chi connectivity index (χ3v) is 6.09. The highest BCUT2D eigenvalue weighted by Gasteiger charge is 2.44. The second kappa shape index (κ2) is 6.75. The first-order chi connectivity index (χ1) is 14.4. The number of nitrogens with one attached hydrogen (secondary N) is 1. The zero-order chi connectivity index (χ0) is 21.0. The first-order valence-electron chi connectivity index (χ1n) is 10.2. The number of aromatic amines is 1. The highest BCUT2D eigenvalue weighted by molar-refractivity contribution is 6.30. The Labute approximate surface area is 181 Å². The van der Waals surface area contributed by atoms with Crippen molar-refractivity contribution in [1.29, 1.82) is 0 Å². The smallest absolute Gasteiger partial charge is 0.255 e. The summed E-state index contributed by atoms with van der Waals surface area (Å²) >= 11 is 6.15. The number of H-pyrrole nitrogens is 1. The van der Waals surface area contributed by atoms with Crippen LogP contribution < -0.4 is 0 Å². The molecule has 3 aromatic carbocycles. The van der Waals surface area contributed by atoms with E-state index in [-0.39, 0.29) is 17.5 Å². The average molecular weight is 415 g/mol. The highest BCUT2D eigenvalue weighted by atomic mass is 35.5. The van der Waals surface area contributed by atoms with Gasteiger partial charge in [0.1, 0.15) is 0 Å². The molecule has 5 rings (SSSR count). The molecule has 2 heterocycles. The van der Waals surface area contributed by atoms with Crippen LogP contribution in [0.1, 0.15) is 48.3 Å². The summed E-state index contributed by atoms with van der Waals surface area (Å²) < 4.78 is 0. The van der Waals surface area contributed by atoms with E-state index in [0.29, 0.717) is 5.02 Å². The Bertz CT molecular complexity index is 1260. The summed E-state index contributed by atoms with van der Waals surface area (Å²) in [5.41, 5.74) is 5.76. The molecule has 1 aliphatic rings. The molecule has 0 spiro atoms. The van der Waals surface area contributed by atoms with Gasteiger partial charge in [0.2, 0.25) is 0 Å². The van der Waals surface area contributed by atoms with Crippen LogP contribution >= 0.6 is 11.6 Å². The van der Waals surface area contributed by atoms with E-state index in [2.05, 4.69) is 50.0 Å². The van der Waals surface area contributed by atoms with Crippen molar-refractivity contribution in [2.75, 3.05) is 0 Å². The van der Waals surface area contributed by atoms with Crippen molar-refractivity contribution < 1.29 is 4.79 Å². The first kappa shape index (κ1) is 19.0. The molecule has 0 saturated heterocycles. The molecule has 1 amide bonds. The Morgan fingerprint density at radius 3 is 2.30 bits per heavy atom. The number of rotatable bonds is 2. The number of halogens is 1. The molecule has 150 valence electrons. The Balaban J connectivity index is 1.84. The number of hydrogen-bond donors (Lipinski definition) is 1. The monoisotopic (exact) mass is 414 g/mol. The molecule has 0 bridgehead atoms. The third kappa shape index (κ3) is 2.85. The van der Waals surface area contributed by atoms with Crippen LogP contribution in [0.2, 0.25) is 5.02 Å².